The molecule has 1 unspecified atom stereocenters. The minimum Gasteiger partial charge on any atom is -0.363 e. The first-order valence-corrected chi connectivity index (χ1v) is 7.30. The van der Waals surface area contributed by atoms with E-state index in [0.29, 0.717) is 24.2 Å². The Morgan fingerprint density at radius 2 is 2.18 bits per heavy atom. The summed E-state index contributed by atoms with van der Waals surface area (Å²) in [4.78, 5) is 10.4. The summed E-state index contributed by atoms with van der Waals surface area (Å²) in [6.07, 6.45) is 2.78. The molecular formula is C15H18F2N4O. The summed E-state index contributed by atoms with van der Waals surface area (Å²) in [5.74, 6) is -1.86. The van der Waals surface area contributed by atoms with Crippen LogP contribution in [0.5, 0.6) is 0 Å². The maximum atomic E-state index is 13.6. The molecule has 0 bridgehead atoms. The molecule has 2 heterocycles. The third-order valence-electron chi connectivity index (χ3n) is 4.01. The number of pyridine rings is 1. The number of hydrogen-bond acceptors (Lipinski definition) is 5. The lowest BCUT2D eigenvalue weighted by molar-refractivity contribution is -0.0385. The van der Waals surface area contributed by atoms with Crippen LogP contribution in [0, 0.1) is 5.92 Å². The second-order valence-corrected chi connectivity index (χ2v) is 5.87. The van der Waals surface area contributed by atoms with Crippen LogP contribution in [-0.2, 0) is 6.42 Å². The van der Waals surface area contributed by atoms with Crippen molar-refractivity contribution in [1.82, 2.24) is 15.1 Å². The highest BCUT2D eigenvalue weighted by Crippen LogP contribution is 2.41. The Morgan fingerprint density at radius 1 is 1.36 bits per heavy atom. The van der Waals surface area contributed by atoms with Crippen molar-refractivity contribution in [3.05, 3.63) is 24.2 Å². The first-order valence-electron chi connectivity index (χ1n) is 7.30. The van der Waals surface area contributed by atoms with E-state index in [1.54, 1.807) is 6.20 Å². The lowest BCUT2D eigenvalue weighted by Gasteiger charge is -2.16. The van der Waals surface area contributed by atoms with Gasteiger partial charge in [-0.1, -0.05) is 5.16 Å². The molecule has 1 saturated carbocycles. The van der Waals surface area contributed by atoms with E-state index in [9.17, 15) is 8.78 Å². The van der Waals surface area contributed by atoms with E-state index in [2.05, 4.69) is 15.1 Å². The third kappa shape index (κ3) is 2.93. The summed E-state index contributed by atoms with van der Waals surface area (Å²) in [6, 6.07) is 3.68. The van der Waals surface area contributed by atoms with E-state index in [4.69, 9.17) is 4.52 Å². The van der Waals surface area contributed by atoms with Gasteiger partial charge in [-0.3, -0.25) is 0 Å². The van der Waals surface area contributed by atoms with Crippen LogP contribution in [0.25, 0.3) is 11.4 Å². The topological polar surface area (TPSA) is 55.1 Å². The largest absolute Gasteiger partial charge is 0.363 e. The molecule has 22 heavy (non-hydrogen) atoms. The van der Waals surface area contributed by atoms with Crippen LogP contribution >= 0.6 is 0 Å². The van der Waals surface area contributed by atoms with Crippen molar-refractivity contribution in [2.45, 2.75) is 31.6 Å². The van der Waals surface area contributed by atoms with Crippen LogP contribution in [0.4, 0.5) is 14.6 Å². The van der Waals surface area contributed by atoms with Crippen LogP contribution in [0.2, 0.25) is 0 Å². The van der Waals surface area contributed by atoms with E-state index in [0.717, 1.165) is 5.82 Å². The first kappa shape index (κ1) is 14.9. The van der Waals surface area contributed by atoms with Gasteiger partial charge in [-0.15, -0.1) is 0 Å². The summed E-state index contributed by atoms with van der Waals surface area (Å²) in [5, 5.41) is 3.87. The van der Waals surface area contributed by atoms with Crippen molar-refractivity contribution in [2.75, 3.05) is 19.0 Å². The van der Waals surface area contributed by atoms with Gasteiger partial charge in [0.15, 0.2) is 0 Å². The van der Waals surface area contributed by atoms with Gasteiger partial charge in [0, 0.05) is 44.6 Å². The molecule has 1 aliphatic carbocycles. The predicted molar refractivity (Wildman–Crippen MR) is 77.8 cm³/mol. The van der Waals surface area contributed by atoms with Gasteiger partial charge >= 0.3 is 0 Å². The summed E-state index contributed by atoms with van der Waals surface area (Å²) < 4.78 is 32.4. The van der Waals surface area contributed by atoms with Crippen LogP contribution in [0.15, 0.2) is 22.9 Å². The Morgan fingerprint density at radius 3 is 2.77 bits per heavy atom. The number of rotatable bonds is 4. The van der Waals surface area contributed by atoms with Crippen LogP contribution in [-0.4, -0.2) is 35.1 Å². The maximum Gasteiger partial charge on any atom is 0.251 e. The van der Waals surface area contributed by atoms with E-state index in [-0.39, 0.29) is 18.7 Å². The van der Waals surface area contributed by atoms with Crippen molar-refractivity contribution in [2.24, 2.45) is 5.92 Å². The average Bonchev–Trinajstić information content (AvgIpc) is 3.07. The molecular weight excluding hydrogens is 290 g/mol. The zero-order valence-corrected chi connectivity index (χ0v) is 12.6. The molecule has 0 amide bonds. The maximum absolute atomic E-state index is 13.6. The molecule has 0 saturated heterocycles. The number of anilines is 1. The van der Waals surface area contributed by atoms with Crippen molar-refractivity contribution in [3.63, 3.8) is 0 Å². The number of hydrogen-bond donors (Lipinski definition) is 0. The Kier molecular flexibility index (Phi) is 3.80. The summed E-state index contributed by atoms with van der Waals surface area (Å²) >= 11 is 0. The fourth-order valence-electron chi connectivity index (χ4n) is 2.70. The molecule has 3 rings (SSSR count). The minimum absolute atomic E-state index is 0.0470. The van der Waals surface area contributed by atoms with E-state index >= 15 is 0 Å². The molecule has 0 spiro atoms. The van der Waals surface area contributed by atoms with Gasteiger partial charge in [0.05, 0.1) is 0 Å². The van der Waals surface area contributed by atoms with Gasteiger partial charge in [0.1, 0.15) is 5.82 Å². The highest BCUT2D eigenvalue weighted by Gasteiger charge is 2.44. The quantitative estimate of drug-likeness (QED) is 0.868. The molecule has 0 N–H and O–H groups in total. The number of alkyl halides is 2. The molecule has 0 radical (unpaired) electrons. The zero-order chi connectivity index (χ0) is 15.7. The Balaban J connectivity index is 1.73. The molecule has 7 heteroatoms. The van der Waals surface area contributed by atoms with Gasteiger partial charge in [-0.05, 0) is 25.0 Å². The summed E-state index contributed by atoms with van der Waals surface area (Å²) in [6.45, 7) is 0. The molecule has 0 aromatic carbocycles. The fraction of sp³-hybridized carbons (Fsp3) is 0.533. The van der Waals surface area contributed by atoms with Gasteiger partial charge < -0.3 is 9.42 Å². The van der Waals surface area contributed by atoms with Gasteiger partial charge in [-0.2, -0.15) is 4.98 Å². The second-order valence-electron chi connectivity index (χ2n) is 5.87. The highest BCUT2D eigenvalue weighted by molar-refractivity contribution is 5.55. The average molecular weight is 308 g/mol. The van der Waals surface area contributed by atoms with Gasteiger partial charge in [-0.25, -0.2) is 13.8 Å². The lowest BCUT2D eigenvalue weighted by atomic mass is 10.0. The molecule has 0 aliphatic heterocycles. The summed E-state index contributed by atoms with van der Waals surface area (Å²) in [7, 11) is 3.80. The normalized spacial score (nSPS) is 20.3. The van der Waals surface area contributed by atoms with Crippen molar-refractivity contribution in [3.8, 4) is 11.4 Å². The van der Waals surface area contributed by atoms with Crippen LogP contribution < -0.4 is 4.90 Å². The molecule has 5 nitrogen and oxygen atoms in total. The molecule has 1 fully saturated rings. The fourth-order valence-corrected chi connectivity index (χ4v) is 2.70. The standard InChI is InChI=1S/C15H18F2N4O/c1-21(2)12-6-5-10(9-18-12)14-19-13(22-20-14)8-11-4-3-7-15(11,16)17/h5-6,9,11H,3-4,7-8H2,1-2H3. The monoisotopic (exact) mass is 308 g/mol. The van der Waals surface area contributed by atoms with E-state index in [1.807, 2.05) is 31.1 Å². The molecule has 2 aromatic heterocycles. The predicted octanol–water partition coefficient (Wildman–Crippen LogP) is 3.18. The zero-order valence-electron chi connectivity index (χ0n) is 12.6. The smallest absolute Gasteiger partial charge is 0.251 e. The molecule has 2 aromatic rings. The third-order valence-corrected chi connectivity index (χ3v) is 4.01. The second kappa shape index (κ2) is 5.62. The van der Waals surface area contributed by atoms with Crippen molar-refractivity contribution in [1.29, 1.82) is 0 Å². The van der Waals surface area contributed by atoms with Gasteiger partial charge in [0.25, 0.3) is 5.92 Å². The Hall–Kier alpha value is -2.05. The van der Waals surface area contributed by atoms with E-state index in [1.165, 1.54) is 0 Å². The SMILES string of the molecule is CN(C)c1ccc(-c2noc(CC3CCCC3(F)F)n2)cn1. The van der Waals surface area contributed by atoms with Crippen molar-refractivity contribution < 1.29 is 13.3 Å². The van der Waals surface area contributed by atoms with Crippen molar-refractivity contribution >= 4 is 5.82 Å². The first-order chi connectivity index (χ1) is 10.5. The van der Waals surface area contributed by atoms with Crippen LogP contribution in [0.1, 0.15) is 25.2 Å². The molecule has 118 valence electrons. The Labute approximate surface area is 127 Å². The minimum atomic E-state index is -2.62. The van der Waals surface area contributed by atoms with E-state index < -0.39 is 11.8 Å². The van der Waals surface area contributed by atoms with Gasteiger partial charge in [0.2, 0.25) is 11.7 Å². The lowest BCUT2D eigenvalue weighted by Crippen LogP contribution is -2.23. The number of nitrogens with zero attached hydrogens (tertiary/aromatic N) is 4. The highest BCUT2D eigenvalue weighted by atomic mass is 19.3. The number of aromatic nitrogens is 3. The Bertz CT molecular complexity index is 639. The van der Waals surface area contributed by atoms with Crippen LogP contribution in [0.3, 0.4) is 0 Å². The molecule has 1 aliphatic rings. The molecule has 1 atom stereocenters. The number of halogens is 2. The summed E-state index contributed by atoms with van der Waals surface area (Å²) in [5.41, 5.74) is 0.707.